The number of rotatable bonds is 5. The first-order valence-electron chi connectivity index (χ1n) is 4.79. The van der Waals surface area contributed by atoms with Crippen molar-refractivity contribution in [1.29, 1.82) is 0 Å². The van der Waals surface area contributed by atoms with Crippen LogP contribution in [0.2, 0.25) is 4.34 Å². The lowest BCUT2D eigenvalue weighted by molar-refractivity contribution is -0.141. The zero-order valence-corrected chi connectivity index (χ0v) is 10.3. The zero-order valence-electron chi connectivity index (χ0n) is 8.70. The van der Waals surface area contributed by atoms with Crippen LogP contribution < -0.4 is 5.32 Å². The Morgan fingerprint density at radius 2 is 2.25 bits per heavy atom. The Kier molecular flexibility index (Phi) is 4.76. The number of hydrogen-bond donors (Lipinski definition) is 2. The van der Waals surface area contributed by atoms with Crippen molar-refractivity contribution in [2.45, 2.75) is 25.8 Å². The molecule has 1 unspecified atom stereocenters. The van der Waals surface area contributed by atoms with Gasteiger partial charge in [-0.3, -0.25) is 4.79 Å². The average Bonchev–Trinajstić information content (AvgIpc) is 2.60. The van der Waals surface area contributed by atoms with Crippen LogP contribution in [0.4, 0.5) is 0 Å². The second-order valence-electron chi connectivity index (χ2n) is 3.25. The van der Waals surface area contributed by atoms with E-state index < -0.39 is 12.0 Å². The van der Waals surface area contributed by atoms with Gasteiger partial charge >= 0.3 is 5.97 Å². The van der Waals surface area contributed by atoms with E-state index in [0.29, 0.717) is 10.8 Å². The molecule has 0 fully saturated rings. The van der Waals surface area contributed by atoms with Crippen LogP contribution >= 0.6 is 22.9 Å². The molecule has 1 rings (SSSR count). The molecule has 1 heterocycles. The number of amides is 1. The average molecular weight is 262 g/mol. The summed E-state index contributed by atoms with van der Waals surface area (Å²) in [5, 5.41) is 11.2. The van der Waals surface area contributed by atoms with E-state index in [9.17, 15) is 9.59 Å². The second kappa shape index (κ2) is 5.86. The highest BCUT2D eigenvalue weighted by Gasteiger charge is 2.17. The molecule has 2 N–H and O–H groups in total. The summed E-state index contributed by atoms with van der Waals surface area (Å²) >= 11 is 7.04. The molecule has 0 saturated carbocycles. The van der Waals surface area contributed by atoms with Gasteiger partial charge < -0.3 is 10.4 Å². The van der Waals surface area contributed by atoms with Crippen LogP contribution in [0.25, 0.3) is 0 Å². The summed E-state index contributed by atoms with van der Waals surface area (Å²) in [7, 11) is 0. The highest BCUT2D eigenvalue weighted by Crippen LogP contribution is 2.21. The van der Waals surface area contributed by atoms with Gasteiger partial charge in [-0.15, -0.1) is 11.3 Å². The molecule has 0 aromatic carbocycles. The van der Waals surface area contributed by atoms with Gasteiger partial charge in [-0.1, -0.05) is 18.5 Å². The van der Waals surface area contributed by atoms with Gasteiger partial charge in [0.1, 0.15) is 6.04 Å². The van der Waals surface area contributed by atoms with E-state index in [1.807, 2.05) is 0 Å². The molecule has 1 amide bonds. The van der Waals surface area contributed by atoms with E-state index in [0.717, 1.165) is 4.88 Å². The Balaban J connectivity index is 2.50. The number of carboxylic acid groups (broad SMARTS) is 1. The Labute approximate surface area is 102 Å². The standard InChI is InChI=1S/C10H12ClNO3S/c1-2-7(10(14)15)12-9(13)5-6-3-4-8(11)16-6/h3-4,7H,2,5H2,1H3,(H,12,13)(H,14,15). The summed E-state index contributed by atoms with van der Waals surface area (Å²) in [6.07, 6.45) is 0.535. The Hall–Kier alpha value is -1.07. The summed E-state index contributed by atoms with van der Waals surface area (Å²) in [4.78, 5) is 23.0. The molecule has 0 aliphatic heterocycles. The first-order chi connectivity index (χ1) is 7.52. The Bertz CT molecular complexity index is 391. The number of carbonyl (C=O) groups is 2. The summed E-state index contributed by atoms with van der Waals surface area (Å²) < 4.78 is 0.619. The smallest absolute Gasteiger partial charge is 0.326 e. The van der Waals surface area contributed by atoms with Crippen molar-refractivity contribution in [3.8, 4) is 0 Å². The van der Waals surface area contributed by atoms with E-state index in [4.69, 9.17) is 16.7 Å². The number of aliphatic carboxylic acids is 1. The maximum Gasteiger partial charge on any atom is 0.326 e. The molecule has 0 bridgehead atoms. The van der Waals surface area contributed by atoms with Gasteiger partial charge in [0.25, 0.3) is 0 Å². The van der Waals surface area contributed by atoms with Gasteiger partial charge in [0.15, 0.2) is 0 Å². The lowest BCUT2D eigenvalue weighted by Gasteiger charge is -2.11. The highest BCUT2D eigenvalue weighted by molar-refractivity contribution is 7.16. The van der Waals surface area contributed by atoms with Gasteiger partial charge in [0, 0.05) is 4.88 Å². The predicted octanol–water partition coefficient (Wildman–Crippen LogP) is 1.92. The molecule has 16 heavy (non-hydrogen) atoms. The molecule has 1 aromatic rings. The lowest BCUT2D eigenvalue weighted by atomic mass is 10.2. The van der Waals surface area contributed by atoms with Gasteiger partial charge in [-0.25, -0.2) is 4.79 Å². The molecule has 6 heteroatoms. The molecular weight excluding hydrogens is 250 g/mol. The van der Waals surface area contributed by atoms with E-state index in [-0.39, 0.29) is 12.3 Å². The van der Waals surface area contributed by atoms with Crippen LogP contribution in [0, 0.1) is 0 Å². The quantitative estimate of drug-likeness (QED) is 0.851. The molecule has 1 aromatic heterocycles. The Morgan fingerprint density at radius 1 is 1.56 bits per heavy atom. The third-order valence-electron chi connectivity index (χ3n) is 2.01. The summed E-state index contributed by atoms with van der Waals surface area (Å²) in [6.45, 7) is 1.71. The third-order valence-corrected chi connectivity index (χ3v) is 3.24. The minimum Gasteiger partial charge on any atom is -0.480 e. The lowest BCUT2D eigenvalue weighted by Crippen LogP contribution is -2.40. The molecular formula is C10H12ClNO3S. The van der Waals surface area contributed by atoms with Crippen molar-refractivity contribution in [3.05, 3.63) is 21.3 Å². The van der Waals surface area contributed by atoms with E-state index >= 15 is 0 Å². The Morgan fingerprint density at radius 3 is 2.69 bits per heavy atom. The number of carbonyl (C=O) groups excluding carboxylic acids is 1. The monoisotopic (exact) mass is 261 g/mol. The van der Waals surface area contributed by atoms with Crippen molar-refractivity contribution >= 4 is 34.8 Å². The van der Waals surface area contributed by atoms with Gasteiger partial charge in [0.05, 0.1) is 10.8 Å². The largest absolute Gasteiger partial charge is 0.480 e. The normalized spacial score (nSPS) is 12.1. The van der Waals surface area contributed by atoms with Crippen LogP contribution in [0.5, 0.6) is 0 Å². The molecule has 0 saturated heterocycles. The molecule has 0 radical (unpaired) electrons. The highest BCUT2D eigenvalue weighted by atomic mass is 35.5. The van der Waals surface area contributed by atoms with Crippen LogP contribution in [0.3, 0.4) is 0 Å². The molecule has 4 nitrogen and oxygen atoms in total. The number of carboxylic acids is 1. The van der Waals surface area contributed by atoms with E-state index in [1.165, 1.54) is 11.3 Å². The van der Waals surface area contributed by atoms with Crippen molar-refractivity contribution in [3.63, 3.8) is 0 Å². The zero-order chi connectivity index (χ0) is 12.1. The topological polar surface area (TPSA) is 66.4 Å². The van der Waals surface area contributed by atoms with Crippen LogP contribution in [-0.4, -0.2) is 23.0 Å². The minimum atomic E-state index is -1.01. The van der Waals surface area contributed by atoms with Gasteiger partial charge in [-0.05, 0) is 18.6 Å². The fourth-order valence-corrected chi connectivity index (χ4v) is 2.27. The SMILES string of the molecule is CCC(NC(=O)Cc1ccc(Cl)s1)C(=O)O. The van der Waals surface area contributed by atoms with Crippen molar-refractivity contribution in [1.82, 2.24) is 5.32 Å². The summed E-state index contributed by atoms with van der Waals surface area (Å²) in [6, 6.07) is 2.65. The van der Waals surface area contributed by atoms with Gasteiger partial charge in [-0.2, -0.15) is 0 Å². The van der Waals surface area contributed by atoms with Crippen LogP contribution in [0.15, 0.2) is 12.1 Å². The third kappa shape index (κ3) is 3.83. The number of nitrogens with one attached hydrogen (secondary N) is 1. The molecule has 0 aliphatic carbocycles. The van der Waals surface area contributed by atoms with E-state index in [2.05, 4.69) is 5.32 Å². The van der Waals surface area contributed by atoms with Crippen LogP contribution in [-0.2, 0) is 16.0 Å². The van der Waals surface area contributed by atoms with E-state index in [1.54, 1.807) is 19.1 Å². The predicted molar refractivity (Wildman–Crippen MR) is 62.9 cm³/mol. The maximum absolute atomic E-state index is 11.5. The first-order valence-corrected chi connectivity index (χ1v) is 5.98. The van der Waals surface area contributed by atoms with Crippen LogP contribution in [0.1, 0.15) is 18.2 Å². The minimum absolute atomic E-state index is 0.168. The number of halogens is 1. The van der Waals surface area contributed by atoms with Crippen molar-refractivity contribution < 1.29 is 14.7 Å². The molecule has 0 aliphatic rings. The van der Waals surface area contributed by atoms with Gasteiger partial charge in [0.2, 0.25) is 5.91 Å². The van der Waals surface area contributed by atoms with Crippen molar-refractivity contribution in [2.24, 2.45) is 0 Å². The number of thiophene rings is 1. The first kappa shape index (κ1) is 13.0. The summed E-state index contributed by atoms with van der Waals surface area (Å²) in [5.41, 5.74) is 0. The number of hydrogen-bond acceptors (Lipinski definition) is 3. The molecule has 88 valence electrons. The molecule has 0 spiro atoms. The second-order valence-corrected chi connectivity index (χ2v) is 5.05. The fourth-order valence-electron chi connectivity index (χ4n) is 1.19. The maximum atomic E-state index is 11.5. The van der Waals surface area contributed by atoms with Crippen molar-refractivity contribution in [2.75, 3.05) is 0 Å². The summed E-state index contributed by atoms with van der Waals surface area (Å²) in [5.74, 6) is -1.31. The molecule has 1 atom stereocenters. The fraction of sp³-hybridized carbons (Fsp3) is 0.400.